The molecule has 3 rings (SSSR count). The largest absolute Gasteiger partial charge is 0.497 e. The smallest absolute Gasteiger partial charge is 0.247 e. The van der Waals surface area contributed by atoms with Gasteiger partial charge in [-0.1, -0.05) is 30.3 Å². The fourth-order valence-electron chi connectivity index (χ4n) is 2.53. The Morgan fingerprint density at radius 3 is 2.46 bits per heavy atom. The quantitative estimate of drug-likeness (QED) is 0.821. The number of hydrogen-bond donors (Lipinski definition) is 2. The molecular weight excluding hydrogens is 304 g/mol. The SMILES string of the molecule is COc1ccc(NC(C(=O)NC2CC2)c2ccccc2)c(OC)c1. The molecule has 0 radical (unpaired) electrons. The number of rotatable bonds is 7. The molecule has 2 aromatic rings. The average Bonchev–Trinajstić information content (AvgIpc) is 3.44. The van der Waals surface area contributed by atoms with Crippen LogP contribution in [0.25, 0.3) is 0 Å². The highest BCUT2D eigenvalue weighted by Crippen LogP contribution is 2.32. The molecular formula is C19H22N2O3. The molecule has 1 aliphatic rings. The lowest BCUT2D eigenvalue weighted by Crippen LogP contribution is -2.34. The van der Waals surface area contributed by atoms with Gasteiger partial charge in [0.15, 0.2) is 0 Å². The maximum atomic E-state index is 12.7. The first-order valence-electron chi connectivity index (χ1n) is 8.05. The molecule has 1 unspecified atom stereocenters. The van der Waals surface area contributed by atoms with E-state index in [1.54, 1.807) is 20.3 Å². The summed E-state index contributed by atoms with van der Waals surface area (Å²) in [5, 5.41) is 6.37. The van der Waals surface area contributed by atoms with Crippen LogP contribution in [0.4, 0.5) is 5.69 Å². The van der Waals surface area contributed by atoms with Crippen LogP contribution in [0, 0.1) is 0 Å². The molecule has 1 fully saturated rings. The maximum absolute atomic E-state index is 12.7. The molecule has 0 heterocycles. The van der Waals surface area contributed by atoms with Crippen LogP contribution >= 0.6 is 0 Å². The third kappa shape index (κ3) is 3.79. The second-order valence-corrected chi connectivity index (χ2v) is 5.84. The van der Waals surface area contributed by atoms with Crippen molar-refractivity contribution in [2.45, 2.75) is 24.9 Å². The zero-order chi connectivity index (χ0) is 16.9. The van der Waals surface area contributed by atoms with Crippen molar-refractivity contribution in [3.05, 3.63) is 54.1 Å². The molecule has 2 aromatic carbocycles. The molecule has 24 heavy (non-hydrogen) atoms. The molecule has 126 valence electrons. The van der Waals surface area contributed by atoms with Gasteiger partial charge >= 0.3 is 0 Å². The van der Waals surface area contributed by atoms with Gasteiger partial charge in [-0.15, -0.1) is 0 Å². The van der Waals surface area contributed by atoms with Gasteiger partial charge in [-0.2, -0.15) is 0 Å². The summed E-state index contributed by atoms with van der Waals surface area (Å²) in [6.45, 7) is 0. The van der Waals surface area contributed by atoms with Crippen molar-refractivity contribution in [3.8, 4) is 11.5 Å². The Morgan fingerprint density at radius 1 is 1.08 bits per heavy atom. The topological polar surface area (TPSA) is 59.6 Å². The lowest BCUT2D eigenvalue weighted by molar-refractivity contribution is -0.122. The van der Waals surface area contributed by atoms with Gasteiger partial charge in [0.2, 0.25) is 5.91 Å². The van der Waals surface area contributed by atoms with E-state index < -0.39 is 6.04 Å². The zero-order valence-corrected chi connectivity index (χ0v) is 13.9. The fraction of sp³-hybridized carbons (Fsp3) is 0.316. The van der Waals surface area contributed by atoms with Gasteiger partial charge in [-0.05, 0) is 30.5 Å². The van der Waals surface area contributed by atoms with Crippen LogP contribution < -0.4 is 20.1 Å². The Bertz CT molecular complexity index is 699. The van der Waals surface area contributed by atoms with Gasteiger partial charge in [-0.25, -0.2) is 0 Å². The number of amides is 1. The molecule has 1 aliphatic carbocycles. The summed E-state index contributed by atoms with van der Waals surface area (Å²) in [7, 11) is 3.21. The zero-order valence-electron chi connectivity index (χ0n) is 13.9. The van der Waals surface area contributed by atoms with E-state index in [0.29, 0.717) is 17.5 Å². The molecule has 0 bridgehead atoms. The Morgan fingerprint density at radius 2 is 1.83 bits per heavy atom. The Kier molecular flexibility index (Phi) is 4.89. The summed E-state index contributed by atoms with van der Waals surface area (Å²) in [6, 6.07) is 15.0. The summed E-state index contributed by atoms with van der Waals surface area (Å²) in [5.74, 6) is 1.31. The van der Waals surface area contributed by atoms with Crippen molar-refractivity contribution in [2.75, 3.05) is 19.5 Å². The first-order chi connectivity index (χ1) is 11.7. The molecule has 5 heteroatoms. The van der Waals surface area contributed by atoms with E-state index in [1.807, 2.05) is 42.5 Å². The van der Waals surface area contributed by atoms with Crippen LogP contribution in [0.3, 0.4) is 0 Å². The van der Waals surface area contributed by atoms with E-state index in [0.717, 1.165) is 24.1 Å². The molecule has 1 amide bonds. The summed E-state index contributed by atoms with van der Waals surface area (Å²) in [4.78, 5) is 12.7. The van der Waals surface area contributed by atoms with Crippen molar-refractivity contribution in [3.63, 3.8) is 0 Å². The minimum absolute atomic E-state index is 0.0263. The van der Waals surface area contributed by atoms with Gasteiger partial charge in [-0.3, -0.25) is 4.79 Å². The Balaban J connectivity index is 1.87. The number of carbonyl (C=O) groups is 1. The molecule has 0 aromatic heterocycles. The minimum atomic E-state index is -0.478. The maximum Gasteiger partial charge on any atom is 0.247 e. The van der Waals surface area contributed by atoms with E-state index in [4.69, 9.17) is 9.47 Å². The van der Waals surface area contributed by atoms with Gasteiger partial charge in [0.25, 0.3) is 0 Å². The van der Waals surface area contributed by atoms with Crippen molar-refractivity contribution in [1.29, 1.82) is 0 Å². The number of hydrogen-bond acceptors (Lipinski definition) is 4. The number of anilines is 1. The van der Waals surface area contributed by atoms with E-state index >= 15 is 0 Å². The summed E-state index contributed by atoms with van der Waals surface area (Å²) in [5.41, 5.74) is 1.66. The average molecular weight is 326 g/mol. The number of methoxy groups -OCH3 is 2. The van der Waals surface area contributed by atoms with Crippen molar-refractivity contribution in [2.24, 2.45) is 0 Å². The van der Waals surface area contributed by atoms with E-state index in [2.05, 4.69) is 10.6 Å². The number of carbonyl (C=O) groups excluding carboxylic acids is 1. The predicted octanol–water partition coefficient (Wildman–Crippen LogP) is 3.14. The molecule has 1 atom stereocenters. The molecule has 1 saturated carbocycles. The van der Waals surface area contributed by atoms with Crippen LogP contribution in [0.2, 0.25) is 0 Å². The van der Waals surface area contributed by atoms with Gasteiger partial charge in [0, 0.05) is 12.1 Å². The van der Waals surface area contributed by atoms with Crippen LogP contribution in [0.1, 0.15) is 24.4 Å². The van der Waals surface area contributed by atoms with E-state index in [9.17, 15) is 4.79 Å². The normalized spacial score (nSPS) is 14.6. The van der Waals surface area contributed by atoms with Gasteiger partial charge in [0.1, 0.15) is 17.5 Å². The Labute approximate surface area is 142 Å². The summed E-state index contributed by atoms with van der Waals surface area (Å²) < 4.78 is 10.6. The van der Waals surface area contributed by atoms with E-state index in [-0.39, 0.29) is 5.91 Å². The lowest BCUT2D eigenvalue weighted by Gasteiger charge is -2.21. The second kappa shape index (κ2) is 7.25. The predicted molar refractivity (Wildman–Crippen MR) is 93.5 cm³/mol. The number of nitrogens with one attached hydrogen (secondary N) is 2. The first kappa shape index (κ1) is 16.2. The van der Waals surface area contributed by atoms with Gasteiger partial charge in [0.05, 0.1) is 19.9 Å². The molecule has 0 saturated heterocycles. The van der Waals surface area contributed by atoms with Crippen LogP contribution in [0.5, 0.6) is 11.5 Å². The van der Waals surface area contributed by atoms with Crippen molar-refractivity contribution in [1.82, 2.24) is 5.32 Å². The van der Waals surface area contributed by atoms with Crippen LogP contribution in [-0.4, -0.2) is 26.2 Å². The third-order valence-corrected chi connectivity index (χ3v) is 4.03. The lowest BCUT2D eigenvalue weighted by atomic mass is 10.1. The molecule has 2 N–H and O–H groups in total. The monoisotopic (exact) mass is 326 g/mol. The van der Waals surface area contributed by atoms with Gasteiger partial charge < -0.3 is 20.1 Å². The highest BCUT2D eigenvalue weighted by molar-refractivity contribution is 5.87. The highest BCUT2D eigenvalue weighted by atomic mass is 16.5. The Hall–Kier alpha value is -2.69. The first-order valence-corrected chi connectivity index (χ1v) is 8.05. The number of ether oxygens (including phenoxy) is 2. The van der Waals surface area contributed by atoms with Crippen LogP contribution in [0.15, 0.2) is 48.5 Å². The highest BCUT2D eigenvalue weighted by Gasteiger charge is 2.28. The standard InChI is InChI=1S/C19H22N2O3/c1-23-15-10-11-16(17(12-15)24-2)21-18(13-6-4-3-5-7-13)19(22)20-14-8-9-14/h3-7,10-12,14,18,21H,8-9H2,1-2H3,(H,20,22). The van der Waals surface area contributed by atoms with Crippen molar-refractivity contribution < 1.29 is 14.3 Å². The second-order valence-electron chi connectivity index (χ2n) is 5.84. The summed E-state index contributed by atoms with van der Waals surface area (Å²) >= 11 is 0. The third-order valence-electron chi connectivity index (χ3n) is 4.03. The molecule has 5 nitrogen and oxygen atoms in total. The van der Waals surface area contributed by atoms with Crippen molar-refractivity contribution >= 4 is 11.6 Å². The summed E-state index contributed by atoms with van der Waals surface area (Å²) in [6.07, 6.45) is 2.11. The van der Waals surface area contributed by atoms with Crippen LogP contribution in [-0.2, 0) is 4.79 Å². The molecule has 0 spiro atoms. The van der Waals surface area contributed by atoms with E-state index in [1.165, 1.54) is 0 Å². The fourth-order valence-corrected chi connectivity index (χ4v) is 2.53. The minimum Gasteiger partial charge on any atom is -0.497 e. The number of benzene rings is 2. The molecule has 0 aliphatic heterocycles.